The van der Waals surface area contributed by atoms with Gasteiger partial charge < -0.3 is 15.1 Å². The Hall–Kier alpha value is -1.92. The zero-order valence-electron chi connectivity index (χ0n) is 14.9. The molecule has 0 atom stereocenters. The number of hydrogen-bond donors (Lipinski definition) is 1. The van der Waals surface area contributed by atoms with Crippen LogP contribution in [0.3, 0.4) is 0 Å². The SMILES string of the molecule is CC(=O)c1cccc(NC(=O)N2CCN(CCCN(C)C)CC2)c1. The Bertz CT molecular complexity index is 566. The number of anilines is 1. The molecule has 2 rings (SSSR count). The fourth-order valence-corrected chi connectivity index (χ4v) is 2.80. The lowest BCUT2D eigenvalue weighted by molar-refractivity contribution is 0.101. The minimum atomic E-state index is -0.0938. The molecule has 1 aromatic rings. The van der Waals surface area contributed by atoms with Crippen LogP contribution in [0.2, 0.25) is 0 Å². The molecule has 1 heterocycles. The van der Waals surface area contributed by atoms with Crippen molar-refractivity contribution < 1.29 is 9.59 Å². The highest BCUT2D eigenvalue weighted by Crippen LogP contribution is 2.13. The van der Waals surface area contributed by atoms with Gasteiger partial charge in [0.25, 0.3) is 0 Å². The third kappa shape index (κ3) is 5.62. The zero-order chi connectivity index (χ0) is 17.5. The summed E-state index contributed by atoms with van der Waals surface area (Å²) in [5, 5.41) is 2.89. The standard InChI is InChI=1S/C18H28N4O2/c1-15(23)16-6-4-7-17(14-16)19-18(24)22-12-10-21(11-13-22)9-5-8-20(2)3/h4,6-7,14H,5,8-13H2,1-3H3,(H,19,24). The molecular formula is C18H28N4O2. The third-order valence-corrected chi connectivity index (χ3v) is 4.26. The second-order valence-electron chi connectivity index (χ2n) is 6.55. The van der Waals surface area contributed by atoms with Gasteiger partial charge >= 0.3 is 6.03 Å². The first-order valence-corrected chi connectivity index (χ1v) is 8.50. The highest BCUT2D eigenvalue weighted by Gasteiger charge is 2.20. The number of carbonyl (C=O) groups is 2. The predicted octanol–water partition coefficient (Wildman–Crippen LogP) is 1.99. The molecule has 1 aliphatic heterocycles. The molecule has 6 nitrogen and oxygen atoms in total. The van der Waals surface area contributed by atoms with E-state index in [4.69, 9.17) is 0 Å². The van der Waals surface area contributed by atoms with Gasteiger partial charge in [0.2, 0.25) is 0 Å². The Morgan fingerprint density at radius 3 is 2.50 bits per heavy atom. The Kier molecular flexibility index (Phi) is 6.75. The number of piperazine rings is 1. The zero-order valence-corrected chi connectivity index (χ0v) is 14.9. The summed E-state index contributed by atoms with van der Waals surface area (Å²) >= 11 is 0. The second kappa shape index (κ2) is 8.80. The van der Waals surface area contributed by atoms with Crippen molar-refractivity contribution in [2.45, 2.75) is 13.3 Å². The van der Waals surface area contributed by atoms with Crippen molar-refractivity contribution in [1.29, 1.82) is 0 Å². The summed E-state index contributed by atoms with van der Waals surface area (Å²) in [6, 6.07) is 6.97. The van der Waals surface area contributed by atoms with E-state index >= 15 is 0 Å². The Labute approximate surface area is 144 Å². The highest BCUT2D eigenvalue weighted by molar-refractivity contribution is 5.96. The maximum absolute atomic E-state index is 12.4. The molecule has 0 unspecified atom stereocenters. The molecule has 132 valence electrons. The van der Waals surface area contributed by atoms with E-state index in [1.54, 1.807) is 18.2 Å². The monoisotopic (exact) mass is 332 g/mol. The molecule has 6 heteroatoms. The number of rotatable bonds is 6. The van der Waals surface area contributed by atoms with Gasteiger partial charge in [-0.3, -0.25) is 9.69 Å². The van der Waals surface area contributed by atoms with E-state index in [1.807, 2.05) is 11.0 Å². The number of nitrogens with zero attached hydrogens (tertiary/aromatic N) is 3. The van der Waals surface area contributed by atoms with E-state index in [2.05, 4.69) is 29.2 Å². The van der Waals surface area contributed by atoms with Crippen LogP contribution in [-0.4, -0.2) is 79.9 Å². The third-order valence-electron chi connectivity index (χ3n) is 4.26. The second-order valence-corrected chi connectivity index (χ2v) is 6.55. The Morgan fingerprint density at radius 1 is 1.17 bits per heavy atom. The summed E-state index contributed by atoms with van der Waals surface area (Å²) in [5.41, 5.74) is 1.28. The van der Waals surface area contributed by atoms with Crippen molar-refractivity contribution >= 4 is 17.5 Å². The minimum Gasteiger partial charge on any atom is -0.322 e. The number of carbonyl (C=O) groups excluding carboxylic acids is 2. The van der Waals surface area contributed by atoms with Crippen molar-refractivity contribution in [3.63, 3.8) is 0 Å². The van der Waals surface area contributed by atoms with Gasteiger partial charge in [-0.1, -0.05) is 12.1 Å². The van der Waals surface area contributed by atoms with E-state index in [0.29, 0.717) is 11.3 Å². The normalized spacial score (nSPS) is 15.6. The van der Waals surface area contributed by atoms with Crippen molar-refractivity contribution in [3.8, 4) is 0 Å². The molecule has 1 aromatic carbocycles. The lowest BCUT2D eigenvalue weighted by Crippen LogP contribution is -2.50. The average molecular weight is 332 g/mol. The fraction of sp³-hybridized carbons (Fsp3) is 0.556. The molecule has 0 bridgehead atoms. The molecule has 1 saturated heterocycles. The summed E-state index contributed by atoms with van der Waals surface area (Å²) in [7, 11) is 4.17. The van der Waals surface area contributed by atoms with E-state index in [9.17, 15) is 9.59 Å². The number of amides is 2. The Balaban J connectivity index is 1.78. The Morgan fingerprint density at radius 2 is 1.88 bits per heavy atom. The van der Waals surface area contributed by atoms with Gasteiger partial charge in [-0.15, -0.1) is 0 Å². The molecule has 0 saturated carbocycles. The van der Waals surface area contributed by atoms with Crippen molar-refractivity contribution in [2.75, 3.05) is 58.7 Å². The van der Waals surface area contributed by atoms with Gasteiger partial charge in [0.1, 0.15) is 0 Å². The minimum absolute atomic E-state index is 0.00237. The van der Waals surface area contributed by atoms with E-state index in [-0.39, 0.29) is 11.8 Å². The van der Waals surface area contributed by atoms with Gasteiger partial charge in [0.15, 0.2) is 5.78 Å². The topological polar surface area (TPSA) is 55.9 Å². The molecule has 0 aromatic heterocycles. The van der Waals surface area contributed by atoms with Gasteiger partial charge in [-0.05, 0) is 52.7 Å². The molecule has 0 aliphatic carbocycles. The van der Waals surface area contributed by atoms with Crippen LogP contribution in [0.1, 0.15) is 23.7 Å². The van der Waals surface area contributed by atoms with Crippen LogP contribution >= 0.6 is 0 Å². The first-order valence-electron chi connectivity index (χ1n) is 8.50. The van der Waals surface area contributed by atoms with E-state index < -0.39 is 0 Å². The van der Waals surface area contributed by atoms with Crippen LogP contribution in [-0.2, 0) is 0 Å². The lowest BCUT2D eigenvalue weighted by atomic mass is 10.1. The first-order chi connectivity index (χ1) is 11.5. The van der Waals surface area contributed by atoms with Crippen LogP contribution in [0, 0.1) is 0 Å². The van der Waals surface area contributed by atoms with Crippen LogP contribution < -0.4 is 5.32 Å². The van der Waals surface area contributed by atoms with E-state index in [0.717, 1.165) is 45.7 Å². The maximum Gasteiger partial charge on any atom is 0.321 e. The quantitative estimate of drug-likeness (QED) is 0.810. The largest absolute Gasteiger partial charge is 0.322 e. The van der Waals surface area contributed by atoms with Crippen molar-refractivity contribution in [2.24, 2.45) is 0 Å². The number of Topliss-reactive ketones (excluding diaryl/α,β-unsaturated/α-hetero) is 1. The molecule has 2 amide bonds. The number of urea groups is 1. The smallest absolute Gasteiger partial charge is 0.321 e. The van der Waals surface area contributed by atoms with Crippen LogP contribution in [0.5, 0.6) is 0 Å². The van der Waals surface area contributed by atoms with Gasteiger partial charge in [-0.25, -0.2) is 4.79 Å². The number of hydrogen-bond acceptors (Lipinski definition) is 4. The highest BCUT2D eigenvalue weighted by atomic mass is 16.2. The average Bonchev–Trinajstić information content (AvgIpc) is 2.55. The number of nitrogens with one attached hydrogen (secondary N) is 1. The summed E-state index contributed by atoms with van der Waals surface area (Å²) in [6.45, 7) is 6.99. The van der Waals surface area contributed by atoms with Crippen LogP contribution in [0.25, 0.3) is 0 Å². The fourth-order valence-electron chi connectivity index (χ4n) is 2.80. The lowest BCUT2D eigenvalue weighted by Gasteiger charge is -2.34. The summed E-state index contributed by atoms with van der Waals surface area (Å²) in [4.78, 5) is 30.2. The molecule has 1 N–H and O–H groups in total. The summed E-state index contributed by atoms with van der Waals surface area (Å²) < 4.78 is 0. The van der Waals surface area contributed by atoms with Crippen LogP contribution in [0.4, 0.5) is 10.5 Å². The first kappa shape index (κ1) is 18.4. The van der Waals surface area contributed by atoms with Crippen molar-refractivity contribution in [1.82, 2.24) is 14.7 Å². The summed E-state index contributed by atoms with van der Waals surface area (Å²) in [6.07, 6.45) is 1.15. The molecular weight excluding hydrogens is 304 g/mol. The molecule has 0 radical (unpaired) electrons. The number of ketones is 1. The van der Waals surface area contributed by atoms with E-state index in [1.165, 1.54) is 6.92 Å². The number of benzene rings is 1. The predicted molar refractivity (Wildman–Crippen MR) is 96.6 cm³/mol. The van der Waals surface area contributed by atoms with Gasteiger partial charge in [0.05, 0.1) is 0 Å². The molecule has 1 fully saturated rings. The molecule has 24 heavy (non-hydrogen) atoms. The van der Waals surface area contributed by atoms with Gasteiger partial charge in [0, 0.05) is 37.4 Å². The van der Waals surface area contributed by atoms with Gasteiger partial charge in [-0.2, -0.15) is 0 Å². The summed E-state index contributed by atoms with van der Waals surface area (Å²) in [5.74, 6) is -0.00237. The van der Waals surface area contributed by atoms with Crippen LogP contribution in [0.15, 0.2) is 24.3 Å². The molecule has 0 spiro atoms. The molecule has 1 aliphatic rings. The maximum atomic E-state index is 12.4. The van der Waals surface area contributed by atoms with Crippen molar-refractivity contribution in [3.05, 3.63) is 29.8 Å².